The number of phenolic OH excluding ortho intramolecular Hbond substituents is 1. The molecule has 1 aromatic heterocycles. The molecule has 2 atom stereocenters. The fourth-order valence-electron chi connectivity index (χ4n) is 3.10. The number of dihydropyridines is 1. The normalized spacial score (nSPS) is 20.2. The quantitative estimate of drug-likeness (QED) is 0.751. The maximum Gasteiger partial charge on any atom is 0.433 e. The number of allylic oxidation sites excluding steroid dienone is 1. The van der Waals surface area contributed by atoms with Gasteiger partial charge >= 0.3 is 6.18 Å². The van der Waals surface area contributed by atoms with Crippen molar-refractivity contribution in [1.29, 1.82) is 0 Å². The lowest BCUT2D eigenvalue weighted by molar-refractivity contribution is -0.132. The first-order chi connectivity index (χ1) is 13.7. The lowest BCUT2D eigenvalue weighted by Crippen LogP contribution is -2.39. The van der Waals surface area contributed by atoms with Crippen molar-refractivity contribution in [3.8, 4) is 17.2 Å². The number of rotatable bonds is 2. The number of benzene rings is 1. The monoisotopic (exact) mass is 403 g/mol. The molecule has 0 spiro atoms. The molecule has 10 heteroatoms. The van der Waals surface area contributed by atoms with Crippen LogP contribution in [-0.2, 0) is 9.59 Å². The molecule has 2 amide bonds. The molecular formula is C19H12F3N3O4. The van der Waals surface area contributed by atoms with E-state index in [0.29, 0.717) is 28.7 Å². The second-order valence-electron chi connectivity index (χ2n) is 6.35. The van der Waals surface area contributed by atoms with Gasteiger partial charge in [-0.05, 0) is 30.3 Å². The first-order valence-electron chi connectivity index (χ1n) is 8.37. The number of hydrogen-bond donors (Lipinski definition) is 2. The average Bonchev–Trinajstić information content (AvgIpc) is 2.67. The summed E-state index contributed by atoms with van der Waals surface area (Å²) in [6, 6.07) is 5.07. The Morgan fingerprint density at radius 2 is 1.97 bits per heavy atom. The van der Waals surface area contributed by atoms with Gasteiger partial charge in [0.15, 0.2) is 5.75 Å². The molecule has 0 saturated carbocycles. The van der Waals surface area contributed by atoms with Gasteiger partial charge in [0.05, 0.1) is 12.2 Å². The molecule has 0 bridgehead atoms. The number of nitrogens with zero attached hydrogens (tertiary/aromatic N) is 2. The van der Waals surface area contributed by atoms with Gasteiger partial charge in [-0.1, -0.05) is 6.08 Å². The summed E-state index contributed by atoms with van der Waals surface area (Å²) >= 11 is 0. The summed E-state index contributed by atoms with van der Waals surface area (Å²) in [4.78, 5) is 31.6. The summed E-state index contributed by atoms with van der Waals surface area (Å²) < 4.78 is 43.8. The Morgan fingerprint density at radius 1 is 1.17 bits per heavy atom. The molecule has 2 N–H and O–H groups in total. The molecule has 0 radical (unpaired) electrons. The fourth-order valence-corrected chi connectivity index (χ4v) is 3.10. The third-order valence-corrected chi connectivity index (χ3v) is 4.45. The summed E-state index contributed by atoms with van der Waals surface area (Å²) in [6.45, 7) is 0. The summed E-state index contributed by atoms with van der Waals surface area (Å²) in [5.41, 5.74) is -0.425. The van der Waals surface area contributed by atoms with E-state index in [0.717, 1.165) is 6.08 Å². The highest BCUT2D eigenvalue weighted by Gasteiger charge is 2.39. The number of phenols is 1. The molecule has 2 aliphatic heterocycles. The number of carbonyl (C=O) groups excluding carboxylic acids is 2. The zero-order valence-electron chi connectivity index (χ0n) is 14.5. The standard InChI is InChI=1S/C19H12F3N3O4/c20-19(21,22)15-4-2-11(17(27)24-15)18(28)25-16-10-5-6-23-8-14(10)29-13-3-1-9(26)7-12(13)16/h1-8,11,16,26H,(H,25,28). The number of aromatic hydroxyl groups is 1. The number of amides is 2. The molecule has 0 saturated heterocycles. The number of aromatic nitrogens is 1. The number of hydrogen-bond acceptors (Lipinski definition) is 5. The van der Waals surface area contributed by atoms with E-state index < -0.39 is 35.7 Å². The minimum Gasteiger partial charge on any atom is -0.508 e. The second-order valence-corrected chi connectivity index (χ2v) is 6.35. The predicted octanol–water partition coefficient (Wildman–Crippen LogP) is 2.81. The fraction of sp³-hybridized carbons (Fsp3) is 0.158. The van der Waals surface area contributed by atoms with E-state index in [1.165, 1.54) is 30.6 Å². The highest BCUT2D eigenvalue weighted by atomic mass is 19.4. The van der Waals surface area contributed by atoms with Crippen LogP contribution in [0, 0.1) is 5.92 Å². The van der Waals surface area contributed by atoms with Crippen LogP contribution in [0.4, 0.5) is 13.2 Å². The summed E-state index contributed by atoms with van der Waals surface area (Å²) in [6.07, 6.45) is -0.399. The summed E-state index contributed by atoms with van der Waals surface area (Å²) in [5.74, 6) is -2.90. The van der Waals surface area contributed by atoms with Crippen molar-refractivity contribution < 1.29 is 32.6 Å². The second kappa shape index (κ2) is 6.73. The van der Waals surface area contributed by atoms with Gasteiger partial charge in [-0.25, -0.2) is 4.99 Å². The number of carbonyl (C=O) groups is 2. The highest BCUT2D eigenvalue weighted by molar-refractivity contribution is 6.14. The predicted molar refractivity (Wildman–Crippen MR) is 93.5 cm³/mol. The highest BCUT2D eigenvalue weighted by Crippen LogP contribution is 2.43. The first kappa shape index (κ1) is 18.7. The molecule has 29 heavy (non-hydrogen) atoms. The molecule has 1 aromatic carbocycles. The molecule has 3 heterocycles. The molecule has 148 valence electrons. The molecular weight excluding hydrogens is 391 g/mol. The van der Waals surface area contributed by atoms with Crippen LogP contribution in [0.25, 0.3) is 0 Å². The number of aliphatic imine (C=N–C) groups is 1. The Labute approximate surface area is 161 Å². The Balaban J connectivity index is 1.64. The van der Waals surface area contributed by atoms with Crippen molar-refractivity contribution in [1.82, 2.24) is 10.3 Å². The molecule has 2 aliphatic rings. The molecule has 4 rings (SSSR count). The number of nitrogens with one attached hydrogen (secondary N) is 1. The minimum absolute atomic E-state index is 0.0721. The van der Waals surface area contributed by atoms with Gasteiger partial charge in [-0.2, -0.15) is 13.2 Å². The zero-order chi connectivity index (χ0) is 20.8. The van der Waals surface area contributed by atoms with E-state index >= 15 is 0 Å². The largest absolute Gasteiger partial charge is 0.508 e. The third-order valence-electron chi connectivity index (χ3n) is 4.45. The Hall–Kier alpha value is -3.69. The van der Waals surface area contributed by atoms with E-state index in [1.54, 1.807) is 6.07 Å². The van der Waals surface area contributed by atoms with Crippen LogP contribution >= 0.6 is 0 Å². The lowest BCUT2D eigenvalue weighted by atomic mass is 9.94. The number of fused-ring (bicyclic) bond motifs is 2. The van der Waals surface area contributed by atoms with Crippen molar-refractivity contribution in [3.05, 3.63) is 59.9 Å². The summed E-state index contributed by atoms with van der Waals surface area (Å²) in [5, 5.41) is 12.4. The number of ether oxygens (including phenoxy) is 1. The van der Waals surface area contributed by atoms with Crippen LogP contribution in [0.5, 0.6) is 17.2 Å². The van der Waals surface area contributed by atoms with Gasteiger partial charge in [-0.3, -0.25) is 14.6 Å². The van der Waals surface area contributed by atoms with Gasteiger partial charge in [0.25, 0.3) is 5.91 Å². The molecule has 2 aromatic rings. The van der Waals surface area contributed by atoms with Crippen LogP contribution in [0.3, 0.4) is 0 Å². The van der Waals surface area contributed by atoms with Crippen molar-refractivity contribution in [2.45, 2.75) is 12.2 Å². The van der Waals surface area contributed by atoms with Gasteiger partial charge in [0, 0.05) is 17.3 Å². The van der Waals surface area contributed by atoms with Crippen molar-refractivity contribution >= 4 is 17.5 Å². The first-order valence-corrected chi connectivity index (χ1v) is 8.37. The van der Waals surface area contributed by atoms with E-state index in [1.807, 2.05) is 0 Å². The summed E-state index contributed by atoms with van der Waals surface area (Å²) in [7, 11) is 0. The van der Waals surface area contributed by atoms with Gasteiger partial charge < -0.3 is 15.2 Å². The Bertz CT molecular complexity index is 1080. The topological polar surface area (TPSA) is 101 Å². The number of halogens is 3. The molecule has 0 aliphatic carbocycles. The van der Waals surface area contributed by atoms with Crippen molar-refractivity contribution in [2.75, 3.05) is 0 Å². The van der Waals surface area contributed by atoms with Crippen LogP contribution in [0.15, 0.2) is 53.8 Å². The SMILES string of the molecule is O=C1N=C(C(F)(F)F)C=CC1C(=O)NC1c2ccncc2Oc2ccc(O)cc21. The lowest BCUT2D eigenvalue weighted by Gasteiger charge is -2.29. The maximum atomic E-state index is 12.7. The van der Waals surface area contributed by atoms with Crippen LogP contribution in [-0.4, -0.2) is 33.8 Å². The minimum atomic E-state index is -4.78. The van der Waals surface area contributed by atoms with Crippen molar-refractivity contribution in [2.24, 2.45) is 10.9 Å². The molecule has 2 unspecified atom stereocenters. The molecule has 0 fully saturated rings. The maximum absolute atomic E-state index is 12.7. The Kier molecular flexibility index (Phi) is 4.33. The van der Waals surface area contributed by atoms with Crippen LogP contribution in [0.2, 0.25) is 0 Å². The van der Waals surface area contributed by atoms with Gasteiger partial charge in [-0.15, -0.1) is 0 Å². The van der Waals surface area contributed by atoms with E-state index in [2.05, 4.69) is 15.3 Å². The van der Waals surface area contributed by atoms with E-state index in [4.69, 9.17) is 4.74 Å². The van der Waals surface area contributed by atoms with Gasteiger partial charge in [0.1, 0.15) is 23.1 Å². The van der Waals surface area contributed by atoms with Crippen molar-refractivity contribution in [3.63, 3.8) is 0 Å². The van der Waals surface area contributed by atoms with Crippen LogP contribution in [0.1, 0.15) is 17.2 Å². The zero-order valence-corrected chi connectivity index (χ0v) is 14.5. The third kappa shape index (κ3) is 3.44. The van der Waals surface area contributed by atoms with E-state index in [-0.39, 0.29) is 5.75 Å². The number of pyridine rings is 1. The average molecular weight is 403 g/mol. The van der Waals surface area contributed by atoms with E-state index in [9.17, 15) is 27.9 Å². The van der Waals surface area contributed by atoms with Gasteiger partial charge in [0.2, 0.25) is 5.91 Å². The number of alkyl halides is 3. The Morgan fingerprint density at radius 3 is 2.69 bits per heavy atom. The van der Waals surface area contributed by atoms with Crippen LogP contribution < -0.4 is 10.1 Å². The smallest absolute Gasteiger partial charge is 0.433 e. The molecule has 7 nitrogen and oxygen atoms in total.